The highest BCUT2D eigenvalue weighted by Gasteiger charge is 2.19. The Hall–Kier alpha value is -2.39. The number of ether oxygens (including phenoxy) is 1. The van der Waals surface area contributed by atoms with Gasteiger partial charge in [-0.15, -0.1) is 15.3 Å². The molecule has 132 valence electrons. The Labute approximate surface area is 148 Å². The van der Waals surface area contributed by atoms with Crippen LogP contribution in [-0.4, -0.2) is 38.7 Å². The summed E-state index contributed by atoms with van der Waals surface area (Å²) in [5, 5.41) is 15.2. The van der Waals surface area contributed by atoms with E-state index in [4.69, 9.17) is 9.15 Å². The van der Waals surface area contributed by atoms with Gasteiger partial charge in [-0.1, -0.05) is 30.0 Å². The van der Waals surface area contributed by atoms with Gasteiger partial charge in [0.1, 0.15) is 0 Å². The van der Waals surface area contributed by atoms with Gasteiger partial charge in [0.2, 0.25) is 11.8 Å². The molecular formula is C16H19N5O3S. The Morgan fingerprint density at radius 2 is 2.12 bits per heavy atom. The van der Waals surface area contributed by atoms with Crippen molar-refractivity contribution in [3.63, 3.8) is 0 Å². The first-order valence-electron chi connectivity index (χ1n) is 7.88. The predicted molar refractivity (Wildman–Crippen MR) is 93.3 cm³/mol. The average Bonchev–Trinajstić information content (AvgIpc) is 3.25. The highest BCUT2D eigenvalue weighted by molar-refractivity contribution is 7.99. The number of hydrogen-bond acceptors (Lipinski definition) is 7. The maximum atomic E-state index is 11.9. The van der Waals surface area contributed by atoms with E-state index in [-0.39, 0.29) is 10.9 Å². The van der Waals surface area contributed by atoms with E-state index in [2.05, 4.69) is 20.4 Å². The number of aromatic nitrogens is 5. The first kappa shape index (κ1) is 17.4. The van der Waals surface area contributed by atoms with Crippen LogP contribution in [0, 0.1) is 0 Å². The Kier molecular flexibility index (Phi) is 5.67. The zero-order valence-electron chi connectivity index (χ0n) is 14.0. The number of nitrogens with one attached hydrogen (secondary N) is 1. The molecule has 2 heterocycles. The highest BCUT2D eigenvalue weighted by Crippen LogP contribution is 2.33. The number of hydrogen-bond donors (Lipinski definition) is 1. The molecule has 0 saturated carbocycles. The molecule has 0 spiro atoms. The van der Waals surface area contributed by atoms with Crippen molar-refractivity contribution in [2.45, 2.75) is 30.3 Å². The molecule has 1 N–H and O–H groups in total. The topological polar surface area (TPSA) is 98.8 Å². The van der Waals surface area contributed by atoms with Gasteiger partial charge in [0.05, 0.1) is 5.25 Å². The third-order valence-corrected chi connectivity index (χ3v) is 4.62. The highest BCUT2D eigenvalue weighted by atomic mass is 32.2. The Morgan fingerprint density at radius 1 is 1.32 bits per heavy atom. The maximum absolute atomic E-state index is 11.9. The number of benzene rings is 1. The lowest BCUT2D eigenvalue weighted by Crippen LogP contribution is -2.18. The molecule has 0 saturated heterocycles. The van der Waals surface area contributed by atoms with Gasteiger partial charge < -0.3 is 9.15 Å². The SMILES string of the molecule is COCCCn1c(SC(C)c2nnc(-c3ccccc3)o2)n[nH]c1=O. The summed E-state index contributed by atoms with van der Waals surface area (Å²) in [4.78, 5) is 11.9. The normalized spacial score (nSPS) is 12.4. The molecule has 8 nitrogen and oxygen atoms in total. The van der Waals surface area contributed by atoms with Crippen LogP contribution in [0.15, 0.2) is 44.7 Å². The molecule has 0 radical (unpaired) electrons. The number of H-pyrrole nitrogens is 1. The van der Waals surface area contributed by atoms with Crippen LogP contribution in [0.1, 0.15) is 24.5 Å². The van der Waals surface area contributed by atoms with E-state index in [1.54, 1.807) is 11.7 Å². The van der Waals surface area contributed by atoms with Crippen LogP contribution < -0.4 is 5.69 Å². The Bertz CT molecular complexity index is 858. The first-order chi connectivity index (χ1) is 12.2. The molecule has 0 aliphatic rings. The molecule has 2 aromatic heterocycles. The van der Waals surface area contributed by atoms with Crippen LogP contribution in [0.2, 0.25) is 0 Å². The van der Waals surface area contributed by atoms with E-state index in [0.717, 1.165) is 12.0 Å². The summed E-state index contributed by atoms with van der Waals surface area (Å²) in [7, 11) is 1.63. The van der Waals surface area contributed by atoms with E-state index in [1.807, 2.05) is 37.3 Å². The second-order valence-corrected chi connectivity index (χ2v) is 6.69. The van der Waals surface area contributed by atoms with Crippen LogP contribution >= 0.6 is 11.8 Å². The summed E-state index contributed by atoms with van der Waals surface area (Å²) >= 11 is 1.39. The lowest BCUT2D eigenvalue weighted by Gasteiger charge is -2.08. The average molecular weight is 361 g/mol. The van der Waals surface area contributed by atoms with Gasteiger partial charge in [0, 0.05) is 25.8 Å². The smallest absolute Gasteiger partial charge is 0.343 e. The molecule has 1 unspecified atom stereocenters. The summed E-state index contributed by atoms with van der Waals surface area (Å²) in [5.41, 5.74) is 0.635. The summed E-state index contributed by atoms with van der Waals surface area (Å²) in [6.07, 6.45) is 0.733. The molecule has 3 rings (SSSR count). The lowest BCUT2D eigenvalue weighted by atomic mass is 10.2. The lowest BCUT2D eigenvalue weighted by molar-refractivity contribution is 0.189. The van der Waals surface area contributed by atoms with Crippen molar-refractivity contribution in [1.82, 2.24) is 25.0 Å². The van der Waals surface area contributed by atoms with Crippen LogP contribution in [0.3, 0.4) is 0 Å². The molecule has 0 fully saturated rings. The van der Waals surface area contributed by atoms with Crippen molar-refractivity contribution < 1.29 is 9.15 Å². The third kappa shape index (κ3) is 4.18. The van der Waals surface area contributed by atoms with Gasteiger partial charge in [-0.25, -0.2) is 9.89 Å². The monoisotopic (exact) mass is 361 g/mol. The zero-order chi connectivity index (χ0) is 17.6. The van der Waals surface area contributed by atoms with Crippen molar-refractivity contribution in [1.29, 1.82) is 0 Å². The molecule has 1 atom stereocenters. The molecule has 0 amide bonds. The van der Waals surface area contributed by atoms with Gasteiger partial charge >= 0.3 is 5.69 Å². The van der Waals surface area contributed by atoms with E-state index in [9.17, 15) is 4.79 Å². The van der Waals surface area contributed by atoms with Crippen LogP contribution in [0.5, 0.6) is 0 Å². The molecule has 25 heavy (non-hydrogen) atoms. The number of nitrogens with zero attached hydrogens (tertiary/aromatic N) is 4. The number of rotatable bonds is 8. The number of methoxy groups -OCH3 is 1. The maximum Gasteiger partial charge on any atom is 0.343 e. The third-order valence-electron chi connectivity index (χ3n) is 3.54. The van der Waals surface area contributed by atoms with E-state index < -0.39 is 0 Å². The molecule has 0 aliphatic carbocycles. The fraction of sp³-hybridized carbons (Fsp3) is 0.375. The van der Waals surface area contributed by atoms with Crippen LogP contribution in [0.4, 0.5) is 0 Å². The Morgan fingerprint density at radius 3 is 2.88 bits per heavy atom. The molecular weight excluding hydrogens is 342 g/mol. The predicted octanol–water partition coefficient (Wildman–Crippen LogP) is 2.51. The number of aromatic amines is 1. The van der Waals surface area contributed by atoms with Gasteiger partial charge in [0.25, 0.3) is 0 Å². The van der Waals surface area contributed by atoms with Gasteiger partial charge in [-0.3, -0.25) is 4.57 Å². The molecule has 0 aliphatic heterocycles. The molecule has 0 bridgehead atoms. The zero-order valence-corrected chi connectivity index (χ0v) is 14.8. The van der Waals surface area contributed by atoms with E-state index >= 15 is 0 Å². The van der Waals surface area contributed by atoms with Crippen LogP contribution in [0.25, 0.3) is 11.5 Å². The van der Waals surface area contributed by atoms with Crippen molar-refractivity contribution in [2.24, 2.45) is 0 Å². The largest absolute Gasteiger partial charge is 0.419 e. The Balaban J connectivity index is 1.72. The second kappa shape index (κ2) is 8.13. The number of thioether (sulfide) groups is 1. The molecule has 3 aromatic rings. The summed E-state index contributed by atoms with van der Waals surface area (Å²) in [6.45, 7) is 3.06. The summed E-state index contributed by atoms with van der Waals surface area (Å²) in [6, 6.07) is 9.59. The van der Waals surface area contributed by atoms with E-state index in [1.165, 1.54) is 11.8 Å². The van der Waals surface area contributed by atoms with Crippen molar-refractivity contribution >= 4 is 11.8 Å². The fourth-order valence-electron chi connectivity index (χ4n) is 2.26. The first-order valence-corrected chi connectivity index (χ1v) is 8.76. The van der Waals surface area contributed by atoms with Gasteiger partial charge in [-0.2, -0.15) is 0 Å². The summed E-state index contributed by atoms with van der Waals surface area (Å²) < 4.78 is 12.4. The minimum atomic E-state index is -0.235. The standard InChI is InChI=1S/C16H19N5O3S/c1-11(13-17-18-14(24-13)12-7-4-3-5-8-12)25-16-20-19-15(22)21(16)9-6-10-23-2/h3-5,7-8,11H,6,9-10H2,1-2H3,(H,19,22). The van der Waals surface area contributed by atoms with Crippen molar-refractivity contribution in [3.8, 4) is 11.5 Å². The van der Waals surface area contributed by atoms with Crippen molar-refractivity contribution in [2.75, 3.05) is 13.7 Å². The fourth-order valence-corrected chi connectivity index (χ4v) is 3.17. The summed E-state index contributed by atoms with van der Waals surface area (Å²) in [5.74, 6) is 0.963. The van der Waals surface area contributed by atoms with E-state index in [0.29, 0.717) is 30.1 Å². The minimum Gasteiger partial charge on any atom is -0.419 e. The quantitative estimate of drug-likeness (QED) is 0.486. The second-order valence-electron chi connectivity index (χ2n) is 5.38. The van der Waals surface area contributed by atoms with Gasteiger partial charge in [-0.05, 0) is 25.5 Å². The van der Waals surface area contributed by atoms with Gasteiger partial charge in [0.15, 0.2) is 5.16 Å². The minimum absolute atomic E-state index is 0.138. The molecule has 1 aromatic carbocycles. The van der Waals surface area contributed by atoms with Crippen molar-refractivity contribution in [3.05, 3.63) is 46.7 Å². The van der Waals surface area contributed by atoms with Crippen LogP contribution in [-0.2, 0) is 11.3 Å². The molecule has 9 heteroatoms.